The molecule has 1 saturated heterocycles. The van der Waals surface area contributed by atoms with Crippen molar-refractivity contribution in [1.82, 2.24) is 5.32 Å². The first-order valence-corrected chi connectivity index (χ1v) is 6.83. The van der Waals surface area contributed by atoms with E-state index in [0.29, 0.717) is 19.4 Å². The fraction of sp³-hybridized carbons (Fsp3) is 0.467. The fourth-order valence-electron chi connectivity index (χ4n) is 2.23. The van der Waals surface area contributed by atoms with Crippen LogP contribution in [0.15, 0.2) is 24.3 Å². The van der Waals surface area contributed by atoms with Gasteiger partial charge in [-0.25, -0.2) is 0 Å². The van der Waals surface area contributed by atoms with E-state index in [2.05, 4.69) is 5.32 Å². The number of amides is 2. The molecule has 108 valence electrons. The Labute approximate surface area is 118 Å². The lowest BCUT2D eigenvalue weighted by atomic mass is 10.0. The molecule has 5 heteroatoms. The second-order valence-corrected chi connectivity index (χ2v) is 5.15. The zero-order valence-electron chi connectivity index (χ0n) is 11.6. The maximum absolute atomic E-state index is 12.0. The highest BCUT2D eigenvalue weighted by Gasteiger charge is 2.27. The molecule has 1 aromatic rings. The van der Waals surface area contributed by atoms with Gasteiger partial charge in [-0.2, -0.15) is 0 Å². The van der Waals surface area contributed by atoms with E-state index in [-0.39, 0.29) is 5.91 Å². The first-order valence-electron chi connectivity index (χ1n) is 6.83. The van der Waals surface area contributed by atoms with E-state index in [9.17, 15) is 9.59 Å². The molecule has 0 unspecified atom stereocenters. The van der Waals surface area contributed by atoms with E-state index in [1.807, 2.05) is 31.2 Å². The predicted octanol–water partition coefficient (Wildman–Crippen LogP) is 0.687. The third-order valence-electron chi connectivity index (χ3n) is 3.44. The number of rotatable bonds is 5. The Morgan fingerprint density at radius 2 is 2.10 bits per heavy atom. The summed E-state index contributed by atoms with van der Waals surface area (Å²) in [5.74, 6) is -0.782. The van der Waals surface area contributed by atoms with Crippen LogP contribution >= 0.6 is 0 Å². The fourth-order valence-corrected chi connectivity index (χ4v) is 2.23. The lowest BCUT2D eigenvalue weighted by Crippen LogP contribution is -2.49. The van der Waals surface area contributed by atoms with E-state index in [4.69, 9.17) is 10.5 Å². The van der Waals surface area contributed by atoms with Gasteiger partial charge in [0.25, 0.3) is 0 Å². The van der Waals surface area contributed by atoms with Crippen LogP contribution < -0.4 is 11.1 Å². The van der Waals surface area contributed by atoms with Gasteiger partial charge in [0.15, 0.2) is 0 Å². The zero-order chi connectivity index (χ0) is 14.5. The number of carbonyl (C=O) groups excluding carboxylic acids is 2. The van der Waals surface area contributed by atoms with Crippen molar-refractivity contribution in [1.29, 1.82) is 0 Å². The summed E-state index contributed by atoms with van der Waals surface area (Å²) in [6.45, 7) is 2.59. The van der Waals surface area contributed by atoms with Crippen molar-refractivity contribution >= 4 is 11.8 Å². The van der Waals surface area contributed by atoms with E-state index in [0.717, 1.165) is 17.5 Å². The molecule has 1 aliphatic rings. The van der Waals surface area contributed by atoms with Crippen LogP contribution in [0.2, 0.25) is 0 Å². The molecule has 2 amide bonds. The van der Waals surface area contributed by atoms with Crippen LogP contribution in [0.25, 0.3) is 0 Å². The molecular weight excluding hydrogens is 256 g/mol. The highest BCUT2D eigenvalue weighted by Crippen LogP contribution is 2.13. The van der Waals surface area contributed by atoms with Crippen LogP contribution in [0, 0.1) is 6.92 Å². The Balaban J connectivity index is 1.98. The van der Waals surface area contributed by atoms with Crippen molar-refractivity contribution in [2.75, 3.05) is 6.61 Å². The Morgan fingerprint density at radius 3 is 2.65 bits per heavy atom. The molecular formula is C15H20N2O3. The van der Waals surface area contributed by atoms with Gasteiger partial charge in [-0.1, -0.05) is 29.8 Å². The van der Waals surface area contributed by atoms with Crippen LogP contribution in [0.1, 0.15) is 24.0 Å². The Hall–Kier alpha value is -1.88. The summed E-state index contributed by atoms with van der Waals surface area (Å²) in [7, 11) is 0. The molecule has 0 spiro atoms. The highest BCUT2D eigenvalue weighted by atomic mass is 16.5. The highest BCUT2D eigenvalue weighted by molar-refractivity contribution is 5.88. The molecule has 3 N–H and O–H groups in total. The first-order chi connectivity index (χ1) is 9.56. The molecule has 1 aliphatic heterocycles. The van der Waals surface area contributed by atoms with E-state index in [1.54, 1.807) is 0 Å². The Bertz CT molecular complexity index is 478. The number of ether oxygens (including phenoxy) is 1. The van der Waals surface area contributed by atoms with Gasteiger partial charge in [0.1, 0.15) is 12.1 Å². The number of benzene rings is 1. The van der Waals surface area contributed by atoms with Gasteiger partial charge in [-0.3, -0.25) is 9.59 Å². The van der Waals surface area contributed by atoms with Crippen molar-refractivity contribution in [3.8, 4) is 0 Å². The van der Waals surface area contributed by atoms with Gasteiger partial charge in [0, 0.05) is 13.0 Å². The summed E-state index contributed by atoms with van der Waals surface area (Å²) >= 11 is 0. The van der Waals surface area contributed by atoms with Crippen molar-refractivity contribution in [3.63, 3.8) is 0 Å². The minimum Gasteiger partial charge on any atom is -0.368 e. The van der Waals surface area contributed by atoms with Gasteiger partial charge in [0.2, 0.25) is 11.8 Å². The molecule has 1 aromatic carbocycles. The quantitative estimate of drug-likeness (QED) is 0.830. The topological polar surface area (TPSA) is 81.4 Å². The molecule has 1 fully saturated rings. The number of carbonyl (C=O) groups is 2. The summed E-state index contributed by atoms with van der Waals surface area (Å²) in [4.78, 5) is 23.4. The number of primary amides is 1. The molecule has 0 aliphatic carbocycles. The Kier molecular flexibility index (Phi) is 4.74. The van der Waals surface area contributed by atoms with Crippen molar-refractivity contribution in [3.05, 3.63) is 35.4 Å². The Morgan fingerprint density at radius 1 is 1.40 bits per heavy atom. The molecule has 5 nitrogen and oxygen atoms in total. The first kappa shape index (κ1) is 14.5. The SMILES string of the molecule is Cc1ccc(C[C@@H](NC(=O)[C@@H]2CCCO2)C(N)=O)cc1. The molecule has 0 aromatic heterocycles. The second kappa shape index (κ2) is 6.52. The summed E-state index contributed by atoms with van der Waals surface area (Å²) in [5, 5.41) is 2.68. The monoisotopic (exact) mass is 276 g/mol. The third kappa shape index (κ3) is 3.81. The summed E-state index contributed by atoms with van der Waals surface area (Å²) in [6.07, 6.45) is 1.52. The van der Waals surface area contributed by atoms with E-state index in [1.165, 1.54) is 0 Å². The standard InChI is InChI=1S/C15H20N2O3/c1-10-4-6-11(7-5-10)9-12(14(16)18)17-15(19)13-3-2-8-20-13/h4-7,12-13H,2-3,8-9H2,1H3,(H2,16,18)(H,17,19)/t12-,13+/m1/s1. The van der Waals surface area contributed by atoms with E-state index >= 15 is 0 Å². The molecule has 2 rings (SSSR count). The number of aryl methyl sites for hydroxylation is 1. The van der Waals surface area contributed by atoms with Gasteiger partial charge < -0.3 is 15.8 Å². The summed E-state index contributed by atoms with van der Waals surface area (Å²) in [6, 6.07) is 7.10. The lowest BCUT2D eigenvalue weighted by molar-refractivity contribution is -0.133. The average molecular weight is 276 g/mol. The molecule has 1 heterocycles. The smallest absolute Gasteiger partial charge is 0.249 e. The average Bonchev–Trinajstić information content (AvgIpc) is 2.94. The third-order valence-corrected chi connectivity index (χ3v) is 3.44. The van der Waals surface area contributed by atoms with Crippen LogP contribution in [-0.4, -0.2) is 30.6 Å². The zero-order valence-corrected chi connectivity index (χ0v) is 11.6. The second-order valence-electron chi connectivity index (χ2n) is 5.15. The molecule has 0 saturated carbocycles. The van der Waals surface area contributed by atoms with Crippen LogP contribution in [0.5, 0.6) is 0 Å². The van der Waals surface area contributed by atoms with Crippen LogP contribution in [-0.2, 0) is 20.7 Å². The number of hydrogen-bond donors (Lipinski definition) is 2. The molecule has 0 bridgehead atoms. The van der Waals surface area contributed by atoms with Crippen LogP contribution in [0.3, 0.4) is 0 Å². The van der Waals surface area contributed by atoms with Crippen molar-refractivity contribution < 1.29 is 14.3 Å². The maximum atomic E-state index is 12.0. The minimum atomic E-state index is -0.700. The molecule has 20 heavy (non-hydrogen) atoms. The number of hydrogen-bond acceptors (Lipinski definition) is 3. The van der Waals surface area contributed by atoms with Gasteiger partial charge in [-0.15, -0.1) is 0 Å². The summed E-state index contributed by atoms with van der Waals surface area (Å²) < 4.78 is 5.30. The van der Waals surface area contributed by atoms with Crippen molar-refractivity contribution in [2.24, 2.45) is 5.73 Å². The normalized spacial score (nSPS) is 19.6. The number of nitrogens with two attached hydrogens (primary N) is 1. The number of nitrogens with one attached hydrogen (secondary N) is 1. The minimum absolute atomic E-state index is 0.251. The molecule has 0 radical (unpaired) electrons. The lowest BCUT2D eigenvalue weighted by Gasteiger charge is -2.18. The largest absolute Gasteiger partial charge is 0.368 e. The predicted molar refractivity (Wildman–Crippen MR) is 75.0 cm³/mol. The van der Waals surface area contributed by atoms with Gasteiger partial charge in [-0.05, 0) is 25.3 Å². The van der Waals surface area contributed by atoms with E-state index < -0.39 is 18.1 Å². The maximum Gasteiger partial charge on any atom is 0.249 e. The summed E-state index contributed by atoms with van der Waals surface area (Å²) in [5.41, 5.74) is 7.48. The van der Waals surface area contributed by atoms with Gasteiger partial charge in [0.05, 0.1) is 0 Å². The van der Waals surface area contributed by atoms with Gasteiger partial charge >= 0.3 is 0 Å². The van der Waals surface area contributed by atoms with Crippen LogP contribution in [0.4, 0.5) is 0 Å². The molecule has 2 atom stereocenters. The van der Waals surface area contributed by atoms with Crippen molar-refractivity contribution in [2.45, 2.75) is 38.3 Å².